The van der Waals surface area contributed by atoms with Gasteiger partial charge in [0.25, 0.3) is 0 Å². The summed E-state index contributed by atoms with van der Waals surface area (Å²) in [4.78, 5) is 4.63. The maximum atomic E-state index is 5.41. The predicted molar refractivity (Wildman–Crippen MR) is 202 cm³/mol. The molecule has 48 heavy (non-hydrogen) atoms. The van der Waals surface area contributed by atoms with Crippen molar-refractivity contribution in [3.63, 3.8) is 0 Å². The summed E-state index contributed by atoms with van der Waals surface area (Å²) in [6.45, 7) is 4.29. The van der Waals surface area contributed by atoms with E-state index in [2.05, 4.69) is 181 Å². The fourth-order valence-electron chi connectivity index (χ4n) is 6.48. The van der Waals surface area contributed by atoms with Crippen LogP contribution >= 0.6 is 0 Å². The van der Waals surface area contributed by atoms with Crippen LogP contribution in [0.25, 0.3) is 11.1 Å². The number of nitrogens with zero attached hydrogens (tertiary/aromatic N) is 2. The zero-order valence-corrected chi connectivity index (χ0v) is 27.8. The molecule has 1 aliphatic rings. The van der Waals surface area contributed by atoms with Crippen LogP contribution < -0.4 is 14.5 Å². The van der Waals surface area contributed by atoms with Gasteiger partial charge in [-0.1, -0.05) is 91.0 Å². The van der Waals surface area contributed by atoms with E-state index in [9.17, 15) is 0 Å². The molecule has 0 aliphatic heterocycles. The minimum absolute atomic E-state index is 0.330. The molecule has 0 saturated heterocycles. The Hall–Kier alpha value is -5.80. The Balaban J connectivity index is 1.09. The Morgan fingerprint density at radius 3 is 1.58 bits per heavy atom. The number of aryl methyl sites for hydroxylation is 2. The number of hydrogen-bond acceptors (Lipinski definition) is 3. The molecule has 236 valence electrons. The quantitative estimate of drug-likeness (QED) is 0.159. The third-order valence-corrected chi connectivity index (χ3v) is 9.00. The third kappa shape index (κ3) is 6.67. The molecule has 0 spiro atoms. The Morgan fingerprint density at radius 2 is 1.04 bits per heavy atom. The number of anilines is 5. The van der Waals surface area contributed by atoms with Crippen molar-refractivity contribution in [2.45, 2.75) is 26.2 Å². The summed E-state index contributed by atoms with van der Waals surface area (Å²) in [6, 6.07) is 54.1. The van der Waals surface area contributed by atoms with Gasteiger partial charge in [0.05, 0.1) is 7.11 Å². The molecule has 0 fully saturated rings. The van der Waals surface area contributed by atoms with Crippen molar-refractivity contribution >= 4 is 28.4 Å². The molecular formula is C45H40N2O. The van der Waals surface area contributed by atoms with Crippen molar-refractivity contribution in [3.8, 4) is 16.9 Å². The SMILES string of the molecule is COc1ccc(N(C2=CCC(c3ccc(-c4ccc(N(c5cccc(C)c5)c5cccc(C)c5)cc4)cc3)C=C2)c2ccccc2)cc1. The normalized spacial score (nSPS) is 13.9. The fourth-order valence-corrected chi connectivity index (χ4v) is 6.48. The summed E-state index contributed by atoms with van der Waals surface area (Å²) in [5.41, 5.74) is 13.1. The monoisotopic (exact) mass is 624 g/mol. The molecule has 3 heteroatoms. The lowest BCUT2D eigenvalue weighted by atomic mass is 9.90. The summed E-state index contributed by atoms with van der Waals surface area (Å²) in [6.07, 6.45) is 7.88. The topological polar surface area (TPSA) is 15.7 Å². The van der Waals surface area contributed by atoms with E-state index in [-0.39, 0.29) is 0 Å². The first-order valence-corrected chi connectivity index (χ1v) is 16.6. The van der Waals surface area contributed by atoms with Crippen LogP contribution in [0.1, 0.15) is 29.0 Å². The second-order valence-corrected chi connectivity index (χ2v) is 12.4. The van der Waals surface area contributed by atoms with Gasteiger partial charge in [-0.15, -0.1) is 0 Å². The van der Waals surface area contributed by atoms with Gasteiger partial charge in [-0.3, -0.25) is 0 Å². The maximum absolute atomic E-state index is 5.41. The van der Waals surface area contributed by atoms with E-state index in [0.717, 1.165) is 40.6 Å². The summed E-state index contributed by atoms with van der Waals surface area (Å²) in [5.74, 6) is 1.18. The zero-order chi connectivity index (χ0) is 32.9. The van der Waals surface area contributed by atoms with E-state index in [1.54, 1.807) is 7.11 Å². The highest BCUT2D eigenvalue weighted by Crippen LogP contribution is 2.38. The third-order valence-electron chi connectivity index (χ3n) is 9.00. The molecule has 0 amide bonds. The Bertz CT molecular complexity index is 2000. The number of benzene rings is 6. The minimum Gasteiger partial charge on any atom is -0.497 e. The van der Waals surface area contributed by atoms with Crippen molar-refractivity contribution in [2.75, 3.05) is 16.9 Å². The highest BCUT2D eigenvalue weighted by atomic mass is 16.5. The van der Waals surface area contributed by atoms with Gasteiger partial charge in [0.1, 0.15) is 5.75 Å². The van der Waals surface area contributed by atoms with Crippen LogP contribution in [0, 0.1) is 13.8 Å². The van der Waals surface area contributed by atoms with Crippen LogP contribution in [0.4, 0.5) is 28.4 Å². The first-order valence-electron chi connectivity index (χ1n) is 16.6. The molecule has 1 atom stereocenters. The van der Waals surface area contributed by atoms with Crippen LogP contribution in [0.3, 0.4) is 0 Å². The molecule has 6 aromatic rings. The molecule has 1 unspecified atom stereocenters. The molecule has 7 rings (SSSR count). The van der Waals surface area contributed by atoms with E-state index >= 15 is 0 Å². The Labute approximate surface area is 284 Å². The lowest BCUT2D eigenvalue weighted by Gasteiger charge is -2.29. The van der Waals surface area contributed by atoms with Crippen molar-refractivity contribution in [3.05, 3.63) is 192 Å². The van der Waals surface area contributed by atoms with Crippen LogP contribution in [0.5, 0.6) is 5.75 Å². The molecule has 0 radical (unpaired) electrons. The van der Waals surface area contributed by atoms with Gasteiger partial charge in [0, 0.05) is 40.1 Å². The first kappa shape index (κ1) is 30.8. The number of ether oxygens (including phenoxy) is 1. The lowest BCUT2D eigenvalue weighted by Crippen LogP contribution is -2.17. The molecule has 3 nitrogen and oxygen atoms in total. The highest BCUT2D eigenvalue weighted by molar-refractivity contribution is 5.79. The molecular weight excluding hydrogens is 585 g/mol. The minimum atomic E-state index is 0.330. The van der Waals surface area contributed by atoms with E-state index in [0.29, 0.717) is 5.92 Å². The number of para-hydroxylation sites is 1. The van der Waals surface area contributed by atoms with Gasteiger partial charge in [-0.2, -0.15) is 0 Å². The lowest BCUT2D eigenvalue weighted by molar-refractivity contribution is 0.415. The molecule has 0 saturated carbocycles. The van der Waals surface area contributed by atoms with Crippen molar-refractivity contribution < 1.29 is 4.74 Å². The zero-order valence-electron chi connectivity index (χ0n) is 27.8. The fraction of sp³-hybridized carbons (Fsp3) is 0.111. The number of allylic oxidation sites excluding steroid dienone is 3. The summed E-state index contributed by atoms with van der Waals surface area (Å²) >= 11 is 0. The van der Waals surface area contributed by atoms with Gasteiger partial charge < -0.3 is 14.5 Å². The summed E-state index contributed by atoms with van der Waals surface area (Å²) in [7, 11) is 1.70. The molecule has 0 aromatic heterocycles. The van der Waals surface area contributed by atoms with Crippen molar-refractivity contribution in [1.29, 1.82) is 0 Å². The van der Waals surface area contributed by atoms with Crippen LogP contribution in [-0.4, -0.2) is 7.11 Å². The van der Waals surface area contributed by atoms with E-state index in [4.69, 9.17) is 4.74 Å². The van der Waals surface area contributed by atoms with Gasteiger partial charge in [0.15, 0.2) is 0 Å². The van der Waals surface area contributed by atoms with Gasteiger partial charge in [0.2, 0.25) is 0 Å². The van der Waals surface area contributed by atoms with E-state index < -0.39 is 0 Å². The Morgan fingerprint density at radius 1 is 0.521 bits per heavy atom. The smallest absolute Gasteiger partial charge is 0.119 e. The molecule has 6 aromatic carbocycles. The second-order valence-electron chi connectivity index (χ2n) is 12.4. The van der Waals surface area contributed by atoms with Crippen LogP contribution in [0.15, 0.2) is 176 Å². The first-order chi connectivity index (χ1) is 23.6. The van der Waals surface area contributed by atoms with Gasteiger partial charge in [-0.25, -0.2) is 0 Å². The number of rotatable bonds is 9. The van der Waals surface area contributed by atoms with E-state index in [1.807, 2.05) is 12.1 Å². The molecule has 0 N–H and O–H groups in total. The largest absolute Gasteiger partial charge is 0.497 e. The molecule has 1 aliphatic carbocycles. The molecule has 0 heterocycles. The van der Waals surface area contributed by atoms with Crippen molar-refractivity contribution in [2.24, 2.45) is 0 Å². The molecule has 0 bridgehead atoms. The number of methoxy groups -OCH3 is 1. The highest BCUT2D eigenvalue weighted by Gasteiger charge is 2.19. The van der Waals surface area contributed by atoms with Crippen LogP contribution in [-0.2, 0) is 0 Å². The van der Waals surface area contributed by atoms with Crippen LogP contribution in [0.2, 0.25) is 0 Å². The van der Waals surface area contributed by atoms with Crippen molar-refractivity contribution in [1.82, 2.24) is 0 Å². The average molecular weight is 625 g/mol. The summed E-state index contributed by atoms with van der Waals surface area (Å²) < 4.78 is 5.41. The van der Waals surface area contributed by atoms with Gasteiger partial charge >= 0.3 is 0 Å². The summed E-state index contributed by atoms with van der Waals surface area (Å²) in [5, 5.41) is 0. The predicted octanol–water partition coefficient (Wildman–Crippen LogP) is 12.2. The van der Waals surface area contributed by atoms with E-state index in [1.165, 1.54) is 33.5 Å². The van der Waals surface area contributed by atoms with Gasteiger partial charge in [-0.05, 0) is 127 Å². The Kier molecular flexibility index (Phi) is 8.93. The number of hydrogen-bond donors (Lipinski definition) is 0. The average Bonchev–Trinajstić information content (AvgIpc) is 3.13. The second kappa shape index (κ2) is 13.9. The standard InChI is InChI=1S/C45H40N2O/c1-33-9-7-13-43(31-33)47(44-14-8-10-34(2)32-44)41-25-21-38(22-26-41)36-17-15-35(16-18-36)37-19-23-40(24-20-37)46(39-11-5-4-6-12-39)42-27-29-45(48-3)30-28-42/h4-19,21-32,37H,20H2,1-3H3. The maximum Gasteiger partial charge on any atom is 0.119 e.